The third-order valence-electron chi connectivity index (χ3n) is 2.88. The second-order valence-corrected chi connectivity index (χ2v) is 6.57. The first-order valence-electron chi connectivity index (χ1n) is 6.40. The molecule has 0 unspecified atom stereocenters. The molecule has 1 aromatic rings. The van der Waals surface area contributed by atoms with E-state index in [1.54, 1.807) is 0 Å². The van der Waals surface area contributed by atoms with Crippen LogP contribution in [0.1, 0.15) is 26.2 Å². The SMILES string of the molecule is CCCC[C@H](NS(=O)(=O)c1ccc(OC)c(Cl)c1)C(=O)O. The number of rotatable bonds is 8. The third kappa shape index (κ3) is 4.87. The number of hydrogen-bond acceptors (Lipinski definition) is 4. The quantitative estimate of drug-likeness (QED) is 0.760. The number of unbranched alkanes of at least 4 members (excludes halogenated alkanes) is 1. The fourth-order valence-corrected chi connectivity index (χ4v) is 3.28. The molecule has 8 heteroatoms. The van der Waals surface area contributed by atoms with Crippen LogP contribution in [-0.2, 0) is 14.8 Å². The number of nitrogens with one attached hydrogen (secondary N) is 1. The summed E-state index contributed by atoms with van der Waals surface area (Å²) in [5.74, 6) is -0.858. The number of halogens is 1. The Labute approximate surface area is 129 Å². The number of carbonyl (C=O) groups is 1. The second kappa shape index (κ2) is 7.63. The lowest BCUT2D eigenvalue weighted by Crippen LogP contribution is -2.40. The summed E-state index contributed by atoms with van der Waals surface area (Å²) in [5, 5.41) is 9.21. The molecule has 0 fully saturated rings. The van der Waals surface area contributed by atoms with Gasteiger partial charge in [0.2, 0.25) is 10.0 Å². The van der Waals surface area contributed by atoms with Gasteiger partial charge in [0.15, 0.2) is 0 Å². The Morgan fingerprint density at radius 2 is 2.14 bits per heavy atom. The van der Waals surface area contributed by atoms with Crippen molar-refractivity contribution in [1.82, 2.24) is 4.72 Å². The monoisotopic (exact) mass is 335 g/mol. The largest absolute Gasteiger partial charge is 0.495 e. The molecule has 0 aliphatic rings. The number of methoxy groups -OCH3 is 1. The Morgan fingerprint density at radius 3 is 2.62 bits per heavy atom. The Balaban J connectivity index is 2.99. The third-order valence-corrected chi connectivity index (χ3v) is 4.64. The highest BCUT2D eigenvalue weighted by Crippen LogP contribution is 2.27. The normalized spacial score (nSPS) is 12.9. The molecule has 0 bridgehead atoms. The first-order chi connectivity index (χ1) is 9.81. The Kier molecular flexibility index (Phi) is 6.44. The van der Waals surface area contributed by atoms with Crippen molar-refractivity contribution in [3.63, 3.8) is 0 Å². The molecular formula is C13H18ClNO5S. The standard InChI is InChI=1S/C13H18ClNO5S/c1-3-4-5-11(13(16)17)15-21(18,19)9-6-7-12(20-2)10(14)8-9/h6-8,11,15H,3-5H2,1-2H3,(H,16,17)/t11-/m0/s1. The fraction of sp³-hybridized carbons (Fsp3) is 0.462. The lowest BCUT2D eigenvalue weighted by molar-refractivity contribution is -0.139. The van der Waals surface area contributed by atoms with Crippen LogP contribution in [0.4, 0.5) is 0 Å². The average molecular weight is 336 g/mol. The maximum absolute atomic E-state index is 12.2. The molecule has 0 aliphatic carbocycles. The van der Waals surface area contributed by atoms with Crippen molar-refractivity contribution in [2.45, 2.75) is 37.1 Å². The van der Waals surface area contributed by atoms with Crippen molar-refractivity contribution in [3.05, 3.63) is 23.2 Å². The summed E-state index contributed by atoms with van der Waals surface area (Å²) in [6.45, 7) is 1.90. The molecule has 0 aliphatic heterocycles. The van der Waals surface area contributed by atoms with Crippen LogP contribution in [0.15, 0.2) is 23.1 Å². The Hall–Kier alpha value is -1.31. The van der Waals surface area contributed by atoms with Crippen LogP contribution in [0.5, 0.6) is 5.75 Å². The minimum absolute atomic E-state index is 0.101. The predicted molar refractivity (Wildman–Crippen MR) is 79.3 cm³/mol. The van der Waals surface area contributed by atoms with Crippen molar-refractivity contribution < 1.29 is 23.1 Å². The van der Waals surface area contributed by atoms with Crippen LogP contribution in [0.3, 0.4) is 0 Å². The van der Waals surface area contributed by atoms with Gasteiger partial charge in [0.1, 0.15) is 11.8 Å². The molecule has 1 atom stereocenters. The van der Waals surface area contributed by atoms with Gasteiger partial charge < -0.3 is 9.84 Å². The lowest BCUT2D eigenvalue weighted by Gasteiger charge is -2.15. The predicted octanol–water partition coefficient (Wildman–Crippen LogP) is 2.27. The van der Waals surface area contributed by atoms with Gasteiger partial charge in [-0.15, -0.1) is 0 Å². The van der Waals surface area contributed by atoms with E-state index in [4.69, 9.17) is 21.4 Å². The van der Waals surface area contributed by atoms with Gasteiger partial charge in [0, 0.05) is 0 Å². The van der Waals surface area contributed by atoms with Crippen LogP contribution in [0.2, 0.25) is 5.02 Å². The number of carboxylic acid groups (broad SMARTS) is 1. The highest BCUT2D eigenvalue weighted by Gasteiger charge is 2.25. The van der Waals surface area contributed by atoms with E-state index < -0.39 is 22.0 Å². The van der Waals surface area contributed by atoms with Gasteiger partial charge in [0.25, 0.3) is 0 Å². The van der Waals surface area contributed by atoms with E-state index in [-0.39, 0.29) is 16.3 Å². The maximum atomic E-state index is 12.2. The van der Waals surface area contributed by atoms with Gasteiger partial charge in [-0.2, -0.15) is 4.72 Å². The maximum Gasteiger partial charge on any atom is 0.321 e. The summed E-state index contributed by atoms with van der Waals surface area (Å²) in [5.41, 5.74) is 0. The molecule has 2 N–H and O–H groups in total. The van der Waals surface area contributed by atoms with E-state index in [1.165, 1.54) is 25.3 Å². The van der Waals surface area contributed by atoms with Crippen molar-refractivity contribution in [2.24, 2.45) is 0 Å². The van der Waals surface area contributed by atoms with Gasteiger partial charge in [-0.1, -0.05) is 31.4 Å². The summed E-state index contributed by atoms with van der Waals surface area (Å²) < 4.78 is 31.5. The highest BCUT2D eigenvalue weighted by atomic mass is 35.5. The first-order valence-corrected chi connectivity index (χ1v) is 8.26. The van der Waals surface area contributed by atoms with Crippen molar-refractivity contribution in [2.75, 3.05) is 7.11 Å². The van der Waals surface area contributed by atoms with E-state index >= 15 is 0 Å². The molecule has 0 aromatic heterocycles. The zero-order valence-electron chi connectivity index (χ0n) is 11.8. The molecule has 1 rings (SSSR count). The molecule has 0 heterocycles. The van der Waals surface area contributed by atoms with E-state index in [2.05, 4.69) is 4.72 Å². The minimum Gasteiger partial charge on any atom is -0.495 e. The molecular weight excluding hydrogens is 318 g/mol. The molecule has 0 amide bonds. The zero-order valence-corrected chi connectivity index (χ0v) is 13.4. The fourth-order valence-electron chi connectivity index (χ4n) is 1.71. The molecule has 0 radical (unpaired) electrons. The van der Waals surface area contributed by atoms with E-state index in [1.807, 2.05) is 6.92 Å². The summed E-state index contributed by atoms with van der Waals surface area (Å²) in [6, 6.07) is 2.79. The van der Waals surface area contributed by atoms with Crippen LogP contribution in [0, 0.1) is 0 Å². The highest BCUT2D eigenvalue weighted by molar-refractivity contribution is 7.89. The zero-order chi connectivity index (χ0) is 16.0. The molecule has 0 saturated heterocycles. The summed E-state index contributed by atoms with van der Waals surface area (Å²) in [6.07, 6.45) is 1.62. The number of aliphatic carboxylic acids is 1. The van der Waals surface area contributed by atoms with Crippen LogP contribution in [0.25, 0.3) is 0 Å². The second-order valence-electron chi connectivity index (χ2n) is 4.45. The van der Waals surface area contributed by atoms with Gasteiger partial charge in [0.05, 0.1) is 17.0 Å². The lowest BCUT2D eigenvalue weighted by atomic mass is 10.1. The molecule has 6 nitrogen and oxygen atoms in total. The van der Waals surface area contributed by atoms with Crippen molar-refractivity contribution in [1.29, 1.82) is 0 Å². The summed E-state index contributed by atoms with van der Waals surface area (Å²) in [4.78, 5) is 11.0. The smallest absolute Gasteiger partial charge is 0.321 e. The molecule has 118 valence electrons. The number of hydrogen-bond donors (Lipinski definition) is 2. The Morgan fingerprint density at radius 1 is 1.48 bits per heavy atom. The van der Waals surface area contributed by atoms with Gasteiger partial charge in [-0.25, -0.2) is 8.42 Å². The number of ether oxygens (including phenoxy) is 1. The van der Waals surface area contributed by atoms with E-state index in [9.17, 15) is 13.2 Å². The van der Waals surface area contributed by atoms with Crippen molar-refractivity contribution in [3.8, 4) is 5.75 Å². The van der Waals surface area contributed by atoms with Crippen molar-refractivity contribution >= 4 is 27.6 Å². The summed E-state index contributed by atoms with van der Waals surface area (Å²) in [7, 11) is -2.54. The van der Waals surface area contributed by atoms with E-state index in [0.29, 0.717) is 12.2 Å². The van der Waals surface area contributed by atoms with E-state index in [0.717, 1.165) is 6.42 Å². The topological polar surface area (TPSA) is 92.7 Å². The minimum atomic E-state index is -3.95. The number of carboxylic acids is 1. The Bertz CT molecular complexity index is 603. The van der Waals surface area contributed by atoms with Gasteiger partial charge >= 0.3 is 5.97 Å². The molecule has 1 aromatic carbocycles. The number of sulfonamides is 1. The van der Waals surface area contributed by atoms with Gasteiger partial charge in [-0.3, -0.25) is 4.79 Å². The van der Waals surface area contributed by atoms with Crippen LogP contribution >= 0.6 is 11.6 Å². The summed E-state index contributed by atoms with van der Waals surface area (Å²) >= 11 is 5.88. The number of benzene rings is 1. The van der Waals surface area contributed by atoms with Gasteiger partial charge in [-0.05, 0) is 24.6 Å². The molecule has 0 spiro atoms. The molecule has 21 heavy (non-hydrogen) atoms. The van der Waals surface area contributed by atoms with Crippen LogP contribution < -0.4 is 9.46 Å². The average Bonchev–Trinajstić information content (AvgIpc) is 2.43. The molecule has 0 saturated carbocycles. The first kappa shape index (κ1) is 17.7. The van der Waals surface area contributed by atoms with Crippen LogP contribution in [-0.4, -0.2) is 32.6 Å².